The lowest BCUT2D eigenvalue weighted by atomic mass is 9.75. The molecule has 10 heteroatoms. The van der Waals surface area contributed by atoms with Crippen molar-refractivity contribution in [1.29, 1.82) is 0 Å². The van der Waals surface area contributed by atoms with Gasteiger partial charge in [0.05, 0.1) is 19.8 Å². The van der Waals surface area contributed by atoms with E-state index in [4.69, 9.17) is 4.74 Å². The number of nitrogens with one attached hydrogen (secondary N) is 2. The van der Waals surface area contributed by atoms with E-state index in [0.717, 1.165) is 49.2 Å². The summed E-state index contributed by atoms with van der Waals surface area (Å²) in [5.41, 5.74) is 2.20. The number of benzene rings is 2. The second-order valence-electron chi connectivity index (χ2n) is 12.8. The van der Waals surface area contributed by atoms with Crippen LogP contribution in [0.2, 0.25) is 0 Å². The van der Waals surface area contributed by atoms with E-state index >= 15 is 0 Å². The lowest BCUT2D eigenvalue weighted by Gasteiger charge is -2.39. The fourth-order valence-corrected chi connectivity index (χ4v) is 6.58. The molecule has 2 saturated heterocycles. The van der Waals surface area contributed by atoms with Gasteiger partial charge in [-0.25, -0.2) is 0 Å². The van der Waals surface area contributed by atoms with Crippen LogP contribution < -0.4 is 15.5 Å². The molecule has 5 rings (SSSR count). The van der Waals surface area contributed by atoms with Gasteiger partial charge in [-0.2, -0.15) is 0 Å². The number of ether oxygens (including phenoxy) is 1. The van der Waals surface area contributed by atoms with Gasteiger partial charge in [0, 0.05) is 56.9 Å². The first-order chi connectivity index (χ1) is 21.8. The summed E-state index contributed by atoms with van der Waals surface area (Å²) in [4.78, 5) is 60.4. The average molecular weight is 618 g/mol. The summed E-state index contributed by atoms with van der Waals surface area (Å²) in [6.07, 6.45) is 3.48. The Kier molecular flexibility index (Phi) is 10.8. The first kappa shape index (κ1) is 32.5. The maximum atomic E-state index is 14.0. The first-order valence-electron chi connectivity index (χ1n) is 16.4. The van der Waals surface area contributed by atoms with Gasteiger partial charge in [0.2, 0.25) is 11.8 Å². The third kappa shape index (κ3) is 7.84. The largest absolute Gasteiger partial charge is 0.378 e. The maximum absolute atomic E-state index is 14.0. The monoisotopic (exact) mass is 617 g/mol. The zero-order valence-electron chi connectivity index (χ0n) is 26.7. The van der Waals surface area contributed by atoms with Crippen LogP contribution >= 0.6 is 0 Å². The van der Waals surface area contributed by atoms with Gasteiger partial charge in [0.25, 0.3) is 11.8 Å². The van der Waals surface area contributed by atoms with Gasteiger partial charge in [0.1, 0.15) is 5.54 Å². The highest BCUT2D eigenvalue weighted by Crippen LogP contribution is 2.36. The number of carbonyl (C=O) groups excluding carboxylic acids is 4. The number of fused-ring (bicyclic) bond motifs is 2. The quantitative estimate of drug-likeness (QED) is 0.534. The van der Waals surface area contributed by atoms with Crippen LogP contribution in [0, 0.1) is 5.92 Å². The number of morpholine rings is 1. The van der Waals surface area contributed by atoms with Crippen molar-refractivity contribution in [3.05, 3.63) is 65.2 Å². The Hall–Kier alpha value is -3.92. The molecular weight excluding hydrogens is 570 g/mol. The van der Waals surface area contributed by atoms with Crippen LogP contribution in [0.4, 0.5) is 5.69 Å². The molecule has 1 aliphatic carbocycles. The van der Waals surface area contributed by atoms with Gasteiger partial charge in [-0.05, 0) is 73.4 Å². The Bertz CT molecular complexity index is 1360. The molecule has 4 amide bonds. The molecule has 242 valence electrons. The normalized spacial score (nSPS) is 22.1. The molecule has 2 N–H and O–H groups in total. The molecule has 0 aromatic heterocycles. The molecule has 0 bridgehead atoms. The highest BCUT2D eigenvalue weighted by Gasteiger charge is 2.44. The van der Waals surface area contributed by atoms with Crippen molar-refractivity contribution in [2.75, 3.05) is 63.9 Å². The number of hydrogen-bond donors (Lipinski definition) is 2. The molecule has 0 radical (unpaired) electrons. The fourth-order valence-electron chi connectivity index (χ4n) is 6.58. The predicted octanol–water partition coefficient (Wildman–Crippen LogP) is 3.10. The standard InChI is InChI=1S/C35H47N5O5/c1-26(2)15-19-40-25-31(41)37-35(16-5-8-27-7-3-4-9-30(27)35)34(44)36-17-20-39(18-6-10-32(40)42)33(43)28-11-13-29(14-12-28)38-21-23-45-24-22-38/h3-4,7,9,11-14,26H,5-6,8,10,15-25H2,1-2H3,(H,36,44)(H,37,41). The minimum atomic E-state index is -1.24. The van der Waals surface area contributed by atoms with Crippen molar-refractivity contribution in [2.45, 2.75) is 57.9 Å². The molecule has 1 unspecified atom stereocenters. The molecule has 2 aromatic rings. The summed E-state index contributed by atoms with van der Waals surface area (Å²) >= 11 is 0. The van der Waals surface area contributed by atoms with E-state index in [1.165, 1.54) is 0 Å². The fraction of sp³-hybridized carbons (Fsp3) is 0.543. The Morgan fingerprint density at radius 2 is 1.69 bits per heavy atom. The third-order valence-corrected chi connectivity index (χ3v) is 9.14. The van der Waals surface area contributed by atoms with Gasteiger partial charge in [-0.3, -0.25) is 19.2 Å². The van der Waals surface area contributed by atoms with Crippen molar-refractivity contribution in [2.24, 2.45) is 5.92 Å². The molecule has 2 aromatic carbocycles. The lowest BCUT2D eigenvalue weighted by molar-refractivity contribution is -0.139. The number of rotatable bonds is 5. The molecule has 1 atom stereocenters. The lowest BCUT2D eigenvalue weighted by Crippen LogP contribution is -2.60. The smallest absolute Gasteiger partial charge is 0.253 e. The Balaban J connectivity index is 1.39. The van der Waals surface area contributed by atoms with Gasteiger partial charge in [-0.15, -0.1) is 0 Å². The first-order valence-corrected chi connectivity index (χ1v) is 16.4. The number of nitrogens with zero attached hydrogens (tertiary/aromatic N) is 3. The topological polar surface area (TPSA) is 111 Å². The minimum absolute atomic E-state index is 0.110. The summed E-state index contributed by atoms with van der Waals surface area (Å²) in [7, 11) is 0. The number of aryl methyl sites for hydroxylation is 1. The maximum Gasteiger partial charge on any atom is 0.253 e. The molecule has 2 aliphatic heterocycles. The summed E-state index contributed by atoms with van der Waals surface area (Å²) in [6, 6.07) is 15.4. The van der Waals surface area contributed by atoms with Crippen molar-refractivity contribution < 1.29 is 23.9 Å². The SMILES string of the molecule is CC(C)CCN1CC(=O)NC2(CCCc3ccccc32)C(=O)NCCN(C(=O)c2ccc(N3CCOCC3)cc2)CCCC1=O. The summed E-state index contributed by atoms with van der Waals surface area (Å²) in [5.74, 6) is -0.526. The van der Waals surface area contributed by atoms with Crippen molar-refractivity contribution in [3.63, 3.8) is 0 Å². The number of anilines is 1. The molecule has 2 heterocycles. The number of carbonyl (C=O) groups is 4. The van der Waals surface area contributed by atoms with Crippen molar-refractivity contribution in [3.8, 4) is 0 Å². The minimum Gasteiger partial charge on any atom is -0.378 e. The molecule has 10 nitrogen and oxygen atoms in total. The van der Waals surface area contributed by atoms with Crippen LogP contribution in [0.25, 0.3) is 0 Å². The van der Waals surface area contributed by atoms with E-state index in [1.54, 1.807) is 9.80 Å². The van der Waals surface area contributed by atoms with Gasteiger partial charge < -0.3 is 30.1 Å². The Labute approximate surface area is 266 Å². The van der Waals surface area contributed by atoms with E-state index in [0.29, 0.717) is 50.6 Å². The Morgan fingerprint density at radius 1 is 0.933 bits per heavy atom. The van der Waals surface area contributed by atoms with E-state index in [2.05, 4.69) is 29.4 Å². The molecule has 2 fully saturated rings. The second kappa shape index (κ2) is 14.9. The van der Waals surface area contributed by atoms with Crippen LogP contribution in [-0.2, 0) is 31.1 Å². The van der Waals surface area contributed by atoms with E-state index in [9.17, 15) is 19.2 Å². The summed E-state index contributed by atoms with van der Waals surface area (Å²) in [6.45, 7) is 8.39. The van der Waals surface area contributed by atoms with E-state index in [-0.39, 0.29) is 49.7 Å². The van der Waals surface area contributed by atoms with E-state index in [1.807, 2.05) is 48.5 Å². The summed E-state index contributed by atoms with van der Waals surface area (Å²) in [5, 5.41) is 6.15. The van der Waals surface area contributed by atoms with Crippen LogP contribution in [-0.4, -0.2) is 92.5 Å². The zero-order valence-corrected chi connectivity index (χ0v) is 26.7. The van der Waals surface area contributed by atoms with Gasteiger partial charge in [-0.1, -0.05) is 38.1 Å². The van der Waals surface area contributed by atoms with E-state index < -0.39 is 5.54 Å². The highest BCUT2D eigenvalue weighted by molar-refractivity contribution is 5.96. The van der Waals surface area contributed by atoms with Crippen LogP contribution in [0.1, 0.15) is 67.4 Å². The third-order valence-electron chi connectivity index (χ3n) is 9.14. The summed E-state index contributed by atoms with van der Waals surface area (Å²) < 4.78 is 5.46. The van der Waals surface area contributed by atoms with Crippen LogP contribution in [0.5, 0.6) is 0 Å². The number of hydrogen-bond acceptors (Lipinski definition) is 6. The molecule has 3 aliphatic rings. The molecule has 45 heavy (non-hydrogen) atoms. The van der Waals surface area contributed by atoms with Gasteiger partial charge >= 0.3 is 0 Å². The molecule has 0 saturated carbocycles. The van der Waals surface area contributed by atoms with Crippen LogP contribution in [0.15, 0.2) is 48.5 Å². The molecular formula is C35H47N5O5. The van der Waals surface area contributed by atoms with Crippen LogP contribution in [0.3, 0.4) is 0 Å². The number of amides is 4. The second-order valence-corrected chi connectivity index (χ2v) is 12.8. The van der Waals surface area contributed by atoms with Gasteiger partial charge in [0.15, 0.2) is 0 Å². The predicted molar refractivity (Wildman–Crippen MR) is 173 cm³/mol. The van der Waals surface area contributed by atoms with Crippen molar-refractivity contribution in [1.82, 2.24) is 20.4 Å². The highest BCUT2D eigenvalue weighted by atomic mass is 16.5. The Morgan fingerprint density at radius 3 is 2.44 bits per heavy atom. The molecule has 1 spiro atoms. The average Bonchev–Trinajstić information content (AvgIpc) is 3.05. The van der Waals surface area contributed by atoms with Crippen molar-refractivity contribution >= 4 is 29.3 Å². The zero-order chi connectivity index (χ0) is 31.8.